The first-order valence-electron chi connectivity index (χ1n) is 8.96. The third kappa shape index (κ3) is 3.98. The molecule has 3 N–H and O–H groups in total. The van der Waals surface area contributed by atoms with Crippen molar-refractivity contribution in [3.8, 4) is 11.3 Å². The van der Waals surface area contributed by atoms with Crippen LogP contribution >= 0.6 is 0 Å². The van der Waals surface area contributed by atoms with Gasteiger partial charge in [0.1, 0.15) is 5.82 Å². The first kappa shape index (κ1) is 17.2. The summed E-state index contributed by atoms with van der Waals surface area (Å²) < 4.78 is 7.24. The molecule has 1 fully saturated rings. The highest BCUT2D eigenvalue weighted by molar-refractivity contribution is 5.90. The van der Waals surface area contributed by atoms with Gasteiger partial charge in [-0.25, -0.2) is 9.50 Å². The van der Waals surface area contributed by atoms with Crippen molar-refractivity contribution in [2.75, 3.05) is 18.5 Å². The molecule has 0 spiro atoms. The molecular formula is C20H21N5O2. The highest BCUT2D eigenvalue weighted by Crippen LogP contribution is 2.23. The lowest BCUT2D eigenvalue weighted by Gasteiger charge is -2.23. The van der Waals surface area contributed by atoms with Gasteiger partial charge in [0.2, 0.25) is 5.91 Å². The second-order valence-electron chi connectivity index (χ2n) is 6.52. The number of hydrogen-bond acceptors (Lipinski definition) is 5. The van der Waals surface area contributed by atoms with E-state index in [2.05, 4.69) is 10.3 Å². The molecule has 7 nitrogen and oxygen atoms in total. The van der Waals surface area contributed by atoms with Crippen molar-refractivity contribution in [2.24, 2.45) is 5.73 Å². The van der Waals surface area contributed by atoms with E-state index in [0.717, 1.165) is 54.3 Å². The first-order chi connectivity index (χ1) is 13.2. The number of benzene rings is 1. The monoisotopic (exact) mass is 363 g/mol. The fraction of sp³-hybridized carbons (Fsp3) is 0.250. The predicted molar refractivity (Wildman–Crippen MR) is 104 cm³/mol. The summed E-state index contributed by atoms with van der Waals surface area (Å²) in [6, 6.07) is 12.1. The molecule has 0 unspecified atom stereocenters. The molecular weight excluding hydrogens is 342 g/mol. The maximum Gasteiger partial charge on any atom is 0.241 e. The van der Waals surface area contributed by atoms with Gasteiger partial charge in [0.05, 0.1) is 11.9 Å². The lowest BCUT2D eigenvalue weighted by molar-refractivity contribution is -0.113. The van der Waals surface area contributed by atoms with Crippen LogP contribution in [0, 0.1) is 0 Å². The Labute approximate surface area is 156 Å². The molecule has 1 aromatic carbocycles. The minimum atomic E-state index is -0.472. The first-order valence-corrected chi connectivity index (χ1v) is 8.96. The quantitative estimate of drug-likeness (QED) is 0.679. The fourth-order valence-corrected chi connectivity index (χ4v) is 3.18. The van der Waals surface area contributed by atoms with E-state index in [1.807, 2.05) is 40.9 Å². The molecule has 7 heteroatoms. The largest absolute Gasteiger partial charge is 0.381 e. The molecule has 0 aliphatic carbocycles. The molecule has 0 atom stereocenters. The number of carbonyl (C=O) groups is 1. The highest BCUT2D eigenvalue weighted by atomic mass is 16.5. The average Bonchev–Trinajstić information content (AvgIpc) is 3.11. The zero-order valence-electron chi connectivity index (χ0n) is 14.8. The van der Waals surface area contributed by atoms with E-state index in [1.54, 1.807) is 12.3 Å². The Balaban J connectivity index is 1.64. The number of anilines is 1. The van der Waals surface area contributed by atoms with Gasteiger partial charge in [0.15, 0.2) is 5.65 Å². The van der Waals surface area contributed by atoms with Crippen LogP contribution < -0.4 is 11.1 Å². The molecule has 4 rings (SSSR count). The third-order valence-electron chi connectivity index (χ3n) is 4.56. The molecule has 0 radical (unpaired) electrons. The Hall–Kier alpha value is -3.19. The normalized spacial score (nSPS) is 15.4. The summed E-state index contributed by atoms with van der Waals surface area (Å²) in [5.74, 6) is 0.346. The number of nitrogens with one attached hydrogen (secondary N) is 1. The SMILES string of the molecule is NC(=O)/C=C/c1cccc(-c2cnc3ccc(NC4CCOCC4)nn23)c1. The Morgan fingerprint density at radius 3 is 2.93 bits per heavy atom. The fourth-order valence-electron chi connectivity index (χ4n) is 3.18. The van der Waals surface area contributed by atoms with Crippen molar-refractivity contribution in [3.05, 3.63) is 54.2 Å². The summed E-state index contributed by atoms with van der Waals surface area (Å²) in [7, 11) is 0. The van der Waals surface area contributed by atoms with E-state index in [4.69, 9.17) is 15.6 Å². The number of fused-ring (bicyclic) bond motifs is 1. The summed E-state index contributed by atoms with van der Waals surface area (Å²) in [5, 5.41) is 8.20. The molecule has 1 saturated heterocycles. The molecule has 1 aliphatic heterocycles. The molecule has 27 heavy (non-hydrogen) atoms. The van der Waals surface area contributed by atoms with Crippen molar-refractivity contribution in [1.82, 2.24) is 14.6 Å². The smallest absolute Gasteiger partial charge is 0.241 e. The topological polar surface area (TPSA) is 94.5 Å². The summed E-state index contributed by atoms with van der Waals surface area (Å²) in [4.78, 5) is 15.4. The van der Waals surface area contributed by atoms with Gasteiger partial charge in [0.25, 0.3) is 0 Å². The number of ether oxygens (including phenoxy) is 1. The van der Waals surface area contributed by atoms with Crippen molar-refractivity contribution < 1.29 is 9.53 Å². The number of amides is 1. The van der Waals surface area contributed by atoms with Gasteiger partial charge < -0.3 is 15.8 Å². The summed E-state index contributed by atoms with van der Waals surface area (Å²) >= 11 is 0. The van der Waals surface area contributed by atoms with Gasteiger partial charge in [-0.1, -0.05) is 18.2 Å². The molecule has 3 aromatic rings. The number of imidazole rings is 1. The Kier molecular flexibility index (Phi) is 4.84. The standard InChI is InChI=1S/C20H21N5O2/c21-18(26)5-4-14-2-1-3-15(12-14)17-13-22-20-7-6-19(24-25(17)20)23-16-8-10-27-11-9-16/h1-7,12-13,16H,8-11H2,(H2,21,26)(H,23,24)/b5-4+. The van der Waals surface area contributed by atoms with E-state index in [0.29, 0.717) is 6.04 Å². The van der Waals surface area contributed by atoms with Crippen LogP contribution in [0.5, 0.6) is 0 Å². The third-order valence-corrected chi connectivity index (χ3v) is 4.56. The lowest BCUT2D eigenvalue weighted by atomic mass is 10.1. The Morgan fingerprint density at radius 1 is 1.26 bits per heavy atom. The number of hydrogen-bond donors (Lipinski definition) is 2. The van der Waals surface area contributed by atoms with Gasteiger partial charge in [-0.05, 0) is 42.7 Å². The number of aromatic nitrogens is 3. The van der Waals surface area contributed by atoms with Crippen molar-refractivity contribution >= 4 is 23.4 Å². The average molecular weight is 363 g/mol. The molecule has 0 saturated carbocycles. The van der Waals surface area contributed by atoms with Crippen LogP contribution in [0.2, 0.25) is 0 Å². The molecule has 3 heterocycles. The molecule has 1 amide bonds. The summed E-state index contributed by atoms with van der Waals surface area (Å²) in [6.07, 6.45) is 6.80. The number of primary amides is 1. The van der Waals surface area contributed by atoms with Gasteiger partial charge in [0, 0.05) is 30.9 Å². The lowest BCUT2D eigenvalue weighted by Crippen LogP contribution is -2.28. The predicted octanol–water partition coefficient (Wildman–Crippen LogP) is 2.49. The Bertz CT molecular complexity index is 989. The zero-order chi connectivity index (χ0) is 18.6. The maximum absolute atomic E-state index is 11.0. The van der Waals surface area contributed by atoms with Gasteiger partial charge >= 0.3 is 0 Å². The van der Waals surface area contributed by atoms with Crippen LogP contribution in [-0.4, -0.2) is 39.8 Å². The number of nitrogens with zero attached hydrogens (tertiary/aromatic N) is 3. The van der Waals surface area contributed by atoms with Crippen molar-refractivity contribution in [2.45, 2.75) is 18.9 Å². The van der Waals surface area contributed by atoms with Gasteiger partial charge in [-0.2, -0.15) is 0 Å². The Morgan fingerprint density at radius 2 is 2.11 bits per heavy atom. The minimum Gasteiger partial charge on any atom is -0.381 e. The van der Waals surface area contributed by atoms with E-state index in [-0.39, 0.29) is 0 Å². The highest BCUT2D eigenvalue weighted by Gasteiger charge is 2.15. The van der Waals surface area contributed by atoms with Crippen LogP contribution in [0.25, 0.3) is 23.0 Å². The second kappa shape index (κ2) is 7.59. The van der Waals surface area contributed by atoms with Gasteiger partial charge in [-0.15, -0.1) is 5.10 Å². The van der Waals surface area contributed by atoms with Crippen LogP contribution in [0.3, 0.4) is 0 Å². The van der Waals surface area contributed by atoms with Crippen LogP contribution in [0.4, 0.5) is 5.82 Å². The summed E-state index contributed by atoms with van der Waals surface area (Å²) in [6.45, 7) is 1.56. The van der Waals surface area contributed by atoms with Gasteiger partial charge in [-0.3, -0.25) is 4.79 Å². The van der Waals surface area contributed by atoms with Crippen molar-refractivity contribution in [1.29, 1.82) is 0 Å². The molecule has 2 aromatic heterocycles. The maximum atomic E-state index is 11.0. The molecule has 1 aliphatic rings. The molecule has 0 bridgehead atoms. The molecule has 138 valence electrons. The number of rotatable bonds is 5. The van der Waals surface area contributed by atoms with Crippen LogP contribution in [0.1, 0.15) is 18.4 Å². The van der Waals surface area contributed by atoms with Crippen LogP contribution in [-0.2, 0) is 9.53 Å². The van der Waals surface area contributed by atoms with E-state index in [1.165, 1.54) is 6.08 Å². The van der Waals surface area contributed by atoms with E-state index in [9.17, 15) is 4.79 Å². The van der Waals surface area contributed by atoms with E-state index >= 15 is 0 Å². The van der Waals surface area contributed by atoms with E-state index < -0.39 is 5.91 Å². The minimum absolute atomic E-state index is 0.373. The number of nitrogens with two attached hydrogens (primary N) is 1. The van der Waals surface area contributed by atoms with Crippen molar-refractivity contribution in [3.63, 3.8) is 0 Å². The zero-order valence-corrected chi connectivity index (χ0v) is 14.8. The summed E-state index contributed by atoms with van der Waals surface area (Å²) in [5.41, 5.74) is 8.69. The number of carbonyl (C=O) groups excluding carboxylic acids is 1. The second-order valence-corrected chi connectivity index (χ2v) is 6.52. The van der Waals surface area contributed by atoms with Crippen LogP contribution in [0.15, 0.2) is 48.7 Å².